The number of aryl methyl sites for hydroxylation is 4. The van der Waals surface area contributed by atoms with Gasteiger partial charge in [0.1, 0.15) is 0 Å². The summed E-state index contributed by atoms with van der Waals surface area (Å²) in [6, 6.07) is 0.195. The molecule has 2 heterocycles. The summed E-state index contributed by atoms with van der Waals surface area (Å²) in [4.78, 5) is 0. The molecule has 0 aromatic carbocycles. The first-order chi connectivity index (χ1) is 9.43. The minimum Gasteiger partial charge on any atom is -0.310 e. The Balaban J connectivity index is 2.32. The predicted molar refractivity (Wildman–Crippen MR) is 81.0 cm³/mol. The topological polar surface area (TPSA) is 47.7 Å². The van der Waals surface area contributed by atoms with Crippen LogP contribution in [0.25, 0.3) is 0 Å². The molecule has 2 aromatic heterocycles. The van der Waals surface area contributed by atoms with Crippen LogP contribution < -0.4 is 5.32 Å². The number of hydrogen-bond acceptors (Lipinski definition) is 3. The molecular formula is C14H22ClN5. The third kappa shape index (κ3) is 2.88. The third-order valence-electron chi connectivity index (χ3n) is 3.54. The molecular weight excluding hydrogens is 274 g/mol. The van der Waals surface area contributed by atoms with Gasteiger partial charge >= 0.3 is 0 Å². The standard InChI is InChI=1S/C14H22ClN5/c1-6-16-12(11-8-19(4)17-9(11)2)7-13-14(15)10(3)18-20(13)5/h8,12,16H,6-7H2,1-5H3. The lowest BCUT2D eigenvalue weighted by Crippen LogP contribution is -2.24. The summed E-state index contributed by atoms with van der Waals surface area (Å²) in [6.07, 6.45) is 2.87. The highest BCUT2D eigenvalue weighted by molar-refractivity contribution is 6.31. The average molecular weight is 296 g/mol. The molecule has 0 spiro atoms. The molecule has 1 N–H and O–H groups in total. The first kappa shape index (κ1) is 15.1. The third-order valence-corrected chi connectivity index (χ3v) is 4.03. The van der Waals surface area contributed by atoms with Crippen LogP contribution in [-0.2, 0) is 20.5 Å². The second-order valence-corrected chi connectivity index (χ2v) is 5.51. The highest BCUT2D eigenvalue weighted by Crippen LogP contribution is 2.26. The fraction of sp³-hybridized carbons (Fsp3) is 0.571. The van der Waals surface area contributed by atoms with Crippen LogP contribution in [0.4, 0.5) is 0 Å². The average Bonchev–Trinajstić information content (AvgIpc) is 2.82. The summed E-state index contributed by atoms with van der Waals surface area (Å²) in [6.45, 7) is 6.97. The molecule has 0 aliphatic rings. The zero-order chi connectivity index (χ0) is 14.9. The molecule has 0 saturated heterocycles. The second kappa shape index (κ2) is 5.97. The normalized spacial score (nSPS) is 12.9. The van der Waals surface area contributed by atoms with Gasteiger partial charge in [0.15, 0.2) is 0 Å². The lowest BCUT2D eigenvalue weighted by molar-refractivity contribution is 0.526. The van der Waals surface area contributed by atoms with E-state index in [1.807, 2.05) is 37.3 Å². The number of aromatic nitrogens is 4. The number of nitrogens with one attached hydrogen (secondary N) is 1. The van der Waals surface area contributed by atoms with E-state index in [0.29, 0.717) is 0 Å². The van der Waals surface area contributed by atoms with Gasteiger partial charge in [0.05, 0.1) is 22.1 Å². The van der Waals surface area contributed by atoms with Crippen molar-refractivity contribution in [2.24, 2.45) is 14.1 Å². The van der Waals surface area contributed by atoms with Crippen molar-refractivity contribution >= 4 is 11.6 Å². The van der Waals surface area contributed by atoms with E-state index < -0.39 is 0 Å². The van der Waals surface area contributed by atoms with Crippen LogP contribution in [0, 0.1) is 13.8 Å². The Morgan fingerprint density at radius 3 is 2.40 bits per heavy atom. The van der Waals surface area contributed by atoms with E-state index in [-0.39, 0.29) is 6.04 Å². The van der Waals surface area contributed by atoms with E-state index in [0.717, 1.165) is 35.1 Å². The molecule has 2 aromatic rings. The van der Waals surface area contributed by atoms with E-state index in [1.165, 1.54) is 5.56 Å². The highest BCUT2D eigenvalue weighted by Gasteiger charge is 2.20. The lowest BCUT2D eigenvalue weighted by Gasteiger charge is -2.17. The minimum absolute atomic E-state index is 0.195. The molecule has 0 radical (unpaired) electrons. The summed E-state index contributed by atoms with van der Waals surface area (Å²) < 4.78 is 3.72. The van der Waals surface area contributed by atoms with Crippen LogP contribution in [0.3, 0.4) is 0 Å². The molecule has 0 saturated carbocycles. The maximum Gasteiger partial charge on any atom is 0.0847 e. The molecule has 1 unspecified atom stereocenters. The lowest BCUT2D eigenvalue weighted by atomic mass is 10.0. The quantitative estimate of drug-likeness (QED) is 0.921. The molecule has 5 nitrogen and oxygen atoms in total. The monoisotopic (exact) mass is 295 g/mol. The van der Waals surface area contributed by atoms with Crippen molar-refractivity contribution in [3.8, 4) is 0 Å². The van der Waals surface area contributed by atoms with Gasteiger partial charge in [-0.05, 0) is 20.4 Å². The van der Waals surface area contributed by atoms with Crippen molar-refractivity contribution < 1.29 is 0 Å². The number of hydrogen-bond donors (Lipinski definition) is 1. The van der Waals surface area contributed by atoms with Gasteiger partial charge in [-0.25, -0.2) is 0 Å². The zero-order valence-electron chi connectivity index (χ0n) is 12.7. The van der Waals surface area contributed by atoms with Crippen molar-refractivity contribution in [3.63, 3.8) is 0 Å². The molecule has 0 aliphatic heterocycles. The van der Waals surface area contributed by atoms with Gasteiger partial charge in [0.2, 0.25) is 0 Å². The summed E-state index contributed by atoms with van der Waals surface area (Å²) in [5.41, 5.74) is 4.19. The van der Waals surface area contributed by atoms with E-state index >= 15 is 0 Å². The first-order valence-electron chi connectivity index (χ1n) is 6.85. The molecule has 0 amide bonds. The minimum atomic E-state index is 0.195. The summed E-state index contributed by atoms with van der Waals surface area (Å²) in [5.74, 6) is 0. The van der Waals surface area contributed by atoms with Gasteiger partial charge in [0, 0.05) is 38.3 Å². The van der Waals surface area contributed by atoms with Crippen LogP contribution >= 0.6 is 11.6 Å². The maximum absolute atomic E-state index is 6.36. The van der Waals surface area contributed by atoms with Gasteiger partial charge in [-0.3, -0.25) is 9.36 Å². The first-order valence-corrected chi connectivity index (χ1v) is 7.23. The van der Waals surface area contributed by atoms with Gasteiger partial charge < -0.3 is 5.32 Å². The van der Waals surface area contributed by atoms with Gasteiger partial charge in [-0.1, -0.05) is 18.5 Å². The van der Waals surface area contributed by atoms with E-state index in [4.69, 9.17) is 11.6 Å². The Bertz CT molecular complexity index is 599. The Labute approximate surface area is 124 Å². The molecule has 6 heteroatoms. The van der Waals surface area contributed by atoms with Gasteiger partial charge in [-0.15, -0.1) is 0 Å². The van der Waals surface area contributed by atoms with Crippen LogP contribution in [0.1, 0.15) is 35.6 Å². The van der Waals surface area contributed by atoms with Crippen LogP contribution in [0.2, 0.25) is 5.02 Å². The van der Waals surface area contributed by atoms with Crippen molar-refractivity contribution in [2.75, 3.05) is 6.54 Å². The Kier molecular flexibility index (Phi) is 4.50. The van der Waals surface area contributed by atoms with Crippen LogP contribution in [0.5, 0.6) is 0 Å². The number of nitrogens with zero attached hydrogens (tertiary/aromatic N) is 4. The summed E-state index contributed by atoms with van der Waals surface area (Å²) >= 11 is 6.36. The van der Waals surface area contributed by atoms with Crippen LogP contribution in [0.15, 0.2) is 6.20 Å². The Morgan fingerprint density at radius 2 is 1.95 bits per heavy atom. The summed E-state index contributed by atoms with van der Waals surface area (Å²) in [5, 5.41) is 13.1. The van der Waals surface area contributed by atoms with Gasteiger partial charge in [-0.2, -0.15) is 10.2 Å². The molecule has 0 aliphatic carbocycles. The van der Waals surface area contributed by atoms with Crippen molar-refractivity contribution in [2.45, 2.75) is 33.2 Å². The molecule has 0 bridgehead atoms. The molecule has 1 atom stereocenters. The zero-order valence-corrected chi connectivity index (χ0v) is 13.5. The fourth-order valence-corrected chi connectivity index (χ4v) is 2.83. The van der Waals surface area contributed by atoms with Crippen LogP contribution in [-0.4, -0.2) is 26.1 Å². The van der Waals surface area contributed by atoms with Crippen molar-refractivity contribution in [1.29, 1.82) is 0 Å². The molecule has 2 rings (SSSR count). The van der Waals surface area contributed by atoms with E-state index in [1.54, 1.807) is 0 Å². The molecule has 110 valence electrons. The molecule has 20 heavy (non-hydrogen) atoms. The number of likely N-dealkylation sites (N-methyl/N-ethyl adjacent to an activating group) is 1. The largest absolute Gasteiger partial charge is 0.310 e. The van der Waals surface area contributed by atoms with E-state index in [9.17, 15) is 0 Å². The van der Waals surface area contributed by atoms with Gasteiger partial charge in [0.25, 0.3) is 0 Å². The maximum atomic E-state index is 6.36. The Morgan fingerprint density at radius 1 is 1.25 bits per heavy atom. The SMILES string of the molecule is CCNC(Cc1c(Cl)c(C)nn1C)c1cn(C)nc1C. The Hall–Kier alpha value is -1.33. The van der Waals surface area contributed by atoms with Crippen molar-refractivity contribution in [3.05, 3.63) is 33.9 Å². The summed E-state index contributed by atoms with van der Waals surface area (Å²) in [7, 11) is 3.88. The highest BCUT2D eigenvalue weighted by atomic mass is 35.5. The predicted octanol–water partition coefficient (Wildman–Crippen LogP) is 2.32. The number of rotatable bonds is 5. The smallest absolute Gasteiger partial charge is 0.0847 e. The number of halogens is 1. The fourth-order valence-electron chi connectivity index (χ4n) is 2.59. The van der Waals surface area contributed by atoms with Crippen molar-refractivity contribution in [1.82, 2.24) is 24.9 Å². The van der Waals surface area contributed by atoms with E-state index in [2.05, 4.69) is 28.6 Å². The molecule has 0 fully saturated rings. The second-order valence-electron chi connectivity index (χ2n) is 5.13.